The summed E-state index contributed by atoms with van der Waals surface area (Å²) in [7, 11) is 0. The number of ether oxygens (including phenoxy) is 1. The van der Waals surface area contributed by atoms with Gasteiger partial charge < -0.3 is 4.74 Å². The number of aromatic nitrogens is 3. The summed E-state index contributed by atoms with van der Waals surface area (Å²) in [4.78, 5) is 0. The van der Waals surface area contributed by atoms with Crippen molar-refractivity contribution in [1.82, 2.24) is 20.4 Å². The van der Waals surface area contributed by atoms with E-state index in [4.69, 9.17) is 10.6 Å². The molecule has 0 aliphatic rings. The van der Waals surface area contributed by atoms with Crippen molar-refractivity contribution in [1.29, 1.82) is 0 Å². The Kier molecular flexibility index (Phi) is 6.24. The first-order chi connectivity index (χ1) is 8.65. The molecule has 104 valence electrons. The van der Waals surface area contributed by atoms with Crippen LogP contribution in [0.4, 0.5) is 0 Å². The lowest BCUT2D eigenvalue weighted by Crippen LogP contribution is -2.42. The van der Waals surface area contributed by atoms with E-state index in [2.05, 4.69) is 36.5 Å². The Labute approximate surface area is 109 Å². The summed E-state index contributed by atoms with van der Waals surface area (Å²) in [5.41, 5.74) is 3.82. The third-order valence-corrected chi connectivity index (χ3v) is 2.93. The van der Waals surface area contributed by atoms with Crippen molar-refractivity contribution in [3.05, 3.63) is 11.9 Å². The molecular formula is C12H25N5O. The van der Waals surface area contributed by atoms with Crippen LogP contribution < -0.4 is 11.3 Å². The van der Waals surface area contributed by atoms with Gasteiger partial charge >= 0.3 is 0 Å². The first-order valence-corrected chi connectivity index (χ1v) is 6.61. The Morgan fingerprint density at radius 2 is 2.17 bits per heavy atom. The third kappa shape index (κ3) is 3.51. The molecule has 0 spiro atoms. The summed E-state index contributed by atoms with van der Waals surface area (Å²) in [6.45, 7) is 9.85. The fourth-order valence-corrected chi connectivity index (χ4v) is 2.11. The number of nitrogens with zero attached hydrogens (tertiary/aromatic N) is 3. The van der Waals surface area contributed by atoms with Crippen LogP contribution >= 0.6 is 0 Å². The van der Waals surface area contributed by atoms with Crippen LogP contribution in [0.5, 0.6) is 0 Å². The number of hydrogen-bond acceptors (Lipinski definition) is 5. The molecule has 0 aromatic carbocycles. The van der Waals surface area contributed by atoms with Gasteiger partial charge in [0, 0.05) is 13.2 Å². The molecule has 1 rings (SSSR count). The molecule has 0 saturated heterocycles. The van der Waals surface area contributed by atoms with Crippen LogP contribution in [0.2, 0.25) is 0 Å². The van der Waals surface area contributed by atoms with Crippen LogP contribution in [0, 0.1) is 5.92 Å². The molecule has 1 aromatic rings. The minimum Gasteiger partial charge on any atom is -0.376 e. The van der Waals surface area contributed by atoms with E-state index in [0.29, 0.717) is 12.5 Å². The normalized spacial score (nSPS) is 15.0. The molecule has 1 aromatic heterocycles. The molecule has 0 saturated carbocycles. The molecule has 0 radical (unpaired) electrons. The van der Waals surface area contributed by atoms with Crippen molar-refractivity contribution in [3.63, 3.8) is 0 Å². The fraction of sp³-hybridized carbons (Fsp3) is 0.833. The molecule has 0 aliphatic carbocycles. The van der Waals surface area contributed by atoms with Crippen LogP contribution in [0.1, 0.15) is 45.9 Å². The van der Waals surface area contributed by atoms with Crippen LogP contribution in [0.15, 0.2) is 6.20 Å². The predicted octanol–water partition coefficient (Wildman–Crippen LogP) is 1.25. The standard InChI is InChI=1S/C12H25N5O/c1-5-7-17-10(8-14-16-17)11(15-13)12(9(3)4)18-6-2/h8-9,11-12,15H,5-7,13H2,1-4H3. The molecule has 0 bridgehead atoms. The second-order valence-electron chi connectivity index (χ2n) is 4.69. The smallest absolute Gasteiger partial charge is 0.0909 e. The lowest BCUT2D eigenvalue weighted by Gasteiger charge is -2.29. The Balaban J connectivity index is 2.95. The van der Waals surface area contributed by atoms with Gasteiger partial charge in [-0.05, 0) is 19.3 Å². The van der Waals surface area contributed by atoms with Gasteiger partial charge in [0.05, 0.1) is 24.0 Å². The van der Waals surface area contributed by atoms with E-state index in [0.717, 1.165) is 18.7 Å². The summed E-state index contributed by atoms with van der Waals surface area (Å²) < 4.78 is 7.69. The first kappa shape index (κ1) is 15.1. The molecular weight excluding hydrogens is 230 g/mol. The van der Waals surface area contributed by atoms with Gasteiger partial charge in [-0.25, -0.2) is 10.1 Å². The topological polar surface area (TPSA) is 78.0 Å². The zero-order valence-electron chi connectivity index (χ0n) is 11.8. The highest BCUT2D eigenvalue weighted by Crippen LogP contribution is 2.23. The minimum absolute atomic E-state index is 0.00843. The largest absolute Gasteiger partial charge is 0.376 e. The monoisotopic (exact) mass is 255 g/mol. The van der Waals surface area contributed by atoms with E-state index < -0.39 is 0 Å². The number of hydrogen-bond donors (Lipinski definition) is 2. The molecule has 18 heavy (non-hydrogen) atoms. The van der Waals surface area contributed by atoms with Crippen molar-refractivity contribution in [3.8, 4) is 0 Å². The zero-order valence-corrected chi connectivity index (χ0v) is 11.8. The Hall–Kier alpha value is -0.980. The lowest BCUT2D eigenvalue weighted by molar-refractivity contribution is 0.000660. The summed E-state index contributed by atoms with van der Waals surface area (Å²) in [5.74, 6) is 6.06. The van der Waals surface area contributed by atoms with Crippen molar-refractivity contribution < 1.29 is 4.74 Å². The quantitative estimate of drug-likeness (QED) is 0.540. The molecule has 0 fully saturated rings. The molecule has 2 atom stereocenters. The Morgan fingerprint density at radius 3 is 2.67 bits per heavy atom. The van der Waals surface area contributed by atoms with Crippen LogP contribution in [-0.4, -0.2) is 27.7 Å². The summed E-state index contributed by atoms with van der Waals surface area (Å²) in [5, 5.41) is 8.07. The Morgan fingerprint density at radius 1 is 1.44 bits per heavy atom. The first-order valence-electron chi connectivity index (χ1n) is 6.61. The molecule has 2 unspecified atom stereocenters. The van der Waals surface area contributed by atoms with E-state index in [1.165, 1.54) is 0 Å². The van der Waals surface area contributed by atoms with Crippen molar-refractivity contribution in [2.24, 2.45) is 11.8 Å². The second kappa shape index (κ2) is 7.45. The maximum absolute atomic E-state index is 5.80. The summed E-state index contributed by atoms with van der Waals surface area (Å²) >= 11 is 0. The van der Waals surface area contributed by atoms with Gasteiger partial charge in [-0.15, -0.1) is 5.10 Å². The number of hydrazine groups is 1. The van der Waals surface area contributed by atoms with Gasteiger partial charge in [-0.1, -0.05) is 26.0 Å². The average Bonchev–Trinajstić information content (AvgIpc) is 2.78. The van der Waals surface area contributed by atoms with Gasteiger partial charge in [0.2, 0.25) is 0 Å². The minimum atomic E-state index is -0.0912. The fourth-order valence-electron chi connectivity index (χ4n) is 2.11. The maximum Gasteiger partial charge on any atom is 0.0909 e. The SMILES string of the molecule is CCCn1nncc1C(NN)C(OCC)C(C)C. The summed E-state index contributed by atoms with van der Waals surface area (Å²) in [6.07, 6.45) is 2.78. The highest BCUT2D eigenvalue weighted by Gasteiger charge is 2.28. The van der Waals surface area contributed by atoms with Gasteiger partial charge in [-0.3, -0.25) is 5.84 Å². The predicted molar refractivity (Wildman–Crippen MR) is 70.6 cm³/mol. The average molecular weight is 255 g/mol. The molecule has 6 heteroatoms. The van der Waals surface area contributed by atoms with Gasteiger partial charge in [0.25, 0.3) is 0 Å². The van der Waals surface area contributed by atoms with Gasteiger partial charge in [0.1, 0.15) is 0 Å². The zero-order chi connectivity index (χ0) is 13.5. The van der Waals surface area contributed by atoms with Crippen LogP contribution in [0.3, 0.4) is 0 Å². The Bertz CT molecular complexity index is 339. The molecule has 3 N–H and O–H groups in total. The highest BCUT2D eigenvalue weighted by molar-refractivity contribution is 5.05. The number of nitrogens with one attached hydrogen (secondary N) is 1. The van der Waals surface area contributed by atoms with E-state index in [9.17, 15) is 0 Å². The number of rotatable bonds is 8. The molecule has 6 nitrogen and oxygen atoms in total. The van der Waals surface area contributed by atoms with E-state index in [-0.39, 0.29) is 12.1 Å². The summed E-state index contributed by atoms with van der Waals surface area (Å²) in [6, 6.07) is -0.0912. The number of nitrogens with two attached hydrogens (primary N) is 1. The van der Waals surface area contributed by atoms with E-state index >= 15 is 0 Å². The van der Waals surface area contributed by atoms with Crippen LogP contribution in [-0.2, 0) is 11.3 Å². The number of aryl methyl sites for hydroxylation is 1. The maximum atomic E-state index is 5.80. The van der Waals surface area contributed by atoms with Crippen molar-refractivity contribution in [2.45, 2.75) is 52.8 Å². The van der Waals surface area contributed by atoms with Crippen LogP contribution in [0.25, 0.3) is 0 Å². The van der Waals surface area contributed by atoms with Crippen molar-refractivity contribution >= 4 is 0 Å². The highest BCUT2D eigenvalue weighted by atomic mass is 16.5. The van der Waals surface area contributed by atoms with E-state index in [1.807, 2.05) is 11.6 Å². The third-order valence-electron chi connectivity index (χ3n) is 2.93. The molecule has 0 aliphatic heterocycles. The molecule has 0 amide bonds. The van der Waals surface area contributed by atoms with Gasteiger partial charge in [-0.2, -0.15) is 0 Å². The second-order valence-corrected chi connectivity index (χ2v) is 4.69. The van der Waals surface area contributed by atoms with Crippen molar-refractivity contribution in [2.75, 3.05) is 6.61 Å². The molecule has 1 heterocycles. The van der Waals surface area contributed by atoms with E-state index in [1.54, 1.807) is 6.20 Å². The van der Waals surface area contributed by atoms with Gasteiger partial charge in [0.15, 0.2) is 0 Å². The lowest BCUT2D eigenvalue weighted by atomic mass is 9.97.